The van der Waals surface area contributed by atoms with Crippen LogP contribution in [-0.2, 0) is 5.41 Å². The molecule has 0 aliphatic heterocycles. The normalized spacial score (nSPS) is 17.5. The molecular weight excluding hydrogens is 249 g/mol. The average Bonchev–Trinajstić information content (AvgIpc) is 2.93. The van der Waals surface area contributed by atoms with Crippen molar-refractivity contribution in [1.82, 2.24) is 0 Å². The first-order chi connectivity index (χ1) is 6.60. The molecule has 1 aliphatic rings. The number of phenolic OH excluding ortho intramolecular Hbond substituents is 1. The third kappa shape index (κ3) is 1.20. The molecule has 1 fully saturated rings. The zero-order valence-electron chi connectivity index (χ0n) is 7.22. The second-order valence-electron chi connectivity index (χ2n) is 3.45. The van der Waals surface area contributed by atoms with E-state index in [0.29, 0.717) is 22.9 Å². The number of phenols is 1. The van der Waals surface area contributed by atoms with E-state index in [4.69, 9.17) is 5.26 Å². The van der Waals surface area contributed by atoms with Crippen LogP contribution < -0.4 is 0 Å². The Morgan fingerprint density at radius 3 is 2.64 bits per heavy atom. The minimum atomic E-state index is -0.721. The molecule has 72 valence electrons. The molecule has 0 bridgehead atoms. The monoisotopic (exact) mass is 255 g/mol. The van der Waals surface area contributed by atoms with Gasteiger partial charge in [0.25, 0.3) is 0 Å². The maximum Gasteiger partial charge on any atom is 0.130 e. The summed E-state index contributed by atoms with van der Waals surface area (Å²) in [5.41, 5.74) is -0.429. The van der Waals surface area contributed by atoms with Crippen molar-refractivity contribution in [2.24, 2.45) is 0 Å². The summed E-state index contributed by atoms with van der Waals surface area (Å²) in [4.78, 5) is 0. The highest BCUT2D eigenvalue weighted by molar-refractivity contribution is 9.10. The molecule has 1 aromatic rings. The van der Waals surface area contributed by atoms with Gasteiger partial charge < -0.3 is 5.11 Å². The Kier molecular flexibility index (Phi) is 2.00. The van der Waals surface area contributed by atoms with Crippen LogP contribution in [0.1, 0.15) is 18.4 Å². The summed E-state index contributed by atoms with van der Waals surface area (Å²) in [5.74, 6) is -0.461. The van der Waals surface area contributed by atoms with E-state index in [1.54, 1.807) is 0 Å². The summed E-state index contributed by atoms with van der Waals surface area (Å²) < 4.78 is 13.8. The van der Waals surface area contributed by atoms with E-state index in [1.807, 2.05) is 0 Å². The first-order valence-corrected chi connectivity index (χ1v) is 4.99. The molecule has 0 atom stereocenters. The van der Waals surface area contributed by atoms with Crippen LogP contribution in [0.3, 0.4) is 0 Å². The molecule has 0 radical (unpaired) electrons. The summed E-state index contributed by atoms with van der Waals surface area (Å²) in [6.45, 7) is 0. The summed E-state index contributed by atoms with van der Waals surface area (Å²) in [7, 11) is 0. The van der Waals surface area contributed by atoms with Crippen LogP contribution in [-0.4, -0.2) is 5.11 Å². The second kappa shape index (κ2) is 2.96. The number of aromatic hydroxyl groups is 1. The lowest BCUT2D eigenvalue weighted by molar-refractivity contribution is 0.466. The highest BCUT2D eigenvalue weighted by Gasteiger charge is 2.48. The highest BCUT2D eigenvalue weighted by atomic mass is 79.9. The van der Waals surface area contributed by atoms with Gasteiger partial charge in [0.15, 0.2) is 0 Å². The molecule has 1 saturated carbocycles. The van der Waals surface area contributed by atoms with Crippen molar-refractivity contribution in [3.05, 3.63) is 28.0 Å². The van der Waals surface area contributed by atoms with Crippen LogP contribution >= 0.6 is 15.9 Å². The van der Waals surface area contributed by atoms with Gasteiger partial charge in [-0.15, -0.1) is 0 Å². The molecule has 0 spiro atoms. The molecule has 4 heteroatoms. The number of hydrogen-bond donors (Lipinski definition) is 1. The third-order valence-electron chi connectivity index (χ3n) is 2.51. The molecule has 0 amide bonds. The smallest absolute Gasteiger partial charge is 0.130 e. The predicted molar refractivity (Wildman–Crippen MR) is 52.3 cm³/mol. The molecule has 0 heterocycles. The van der Waals surface area contributed by atoms with Crippen molar-refractivity contribution in [3.8, 4) is 11.8 Å². The van der Waals surface area contributed by atoms with Gasteiger partial charge in [0.2, 0.25) is 0 Å². The fraction of sp³-hybridized carbons (Fsp3) is 0.300. The summed E-state index contributed by atoms with van der Waals surface area (Å²) >= 11 is 3.11. The third-order valence-corrected chi connectivity index (χ3v) is 3.32. The van der Waals surface area contributed by atoms with Gasteiger partial charge >= 0.3 is 0 Å². The van der Waals surface area contributed by atoms with Gasteiger partial charge in [0.1, 0.15) is 11.6 Å². The van der Waals surface area contributed by atoms with Crippen molar-refractivity contribution in [2.75, 3.05) is 0 Å². The Bertz CT molecular complexity index is 434. The SMILES string of the molecule is N#CC1(c2c(F)ccc(O)c2Br)CC1. The van der Waals surface area contributed by atoms with E-state index in [1.165, 1.54) is 12.1 Å². The zero-order chi connectivity index (χ0) is 10.3. The lowest BCUT2D eigenvalue weighted by atomic mass is 9.97. The fourth-order valence-electron chi connectivity index (χ4n) is 1.52. The molecule has 0 aromatic heterocycles. The van der Waals surface area contributed by atoms with Crippen LogP contribution in [0.2, 0.25) is 0 Å². The van der Waals surface area contributed by atoms with Crippen LogP contribution in [0.4, 0.5) is 4.39 Å². The topological polar surface area (TPSA) is 44.0 Å². The van der Waals surface area contributed by atoms with Gasteiger partial charge in [-0.3, -0.25) is 0 Å². The Labute approximate surface area is 89.1 Å². The van der Waals surface area contributed by atoms with Gasteiger partial charge in [-0.2, -0.15) is 5.26 Å². The largest absolute Gasteiger partial charge is 0.507 e. The number of benzene rings is 1. The summed E-state index contributed by atoms with van der Waals surface area (Å²) in [6.07, 6.45) is 1.31. The van der Waals surface area contributed by atoms with E-state index in [-0.39, 0.29) is 5.75 Å². The zero-order valence-corrected chi connectivity index (χ0v) is 8.81. The maximum atomic E-state index is 13.5. The minimum absolute atomic E-state index is 0.0251. The average molecular weight is 256 g/mol. The molecule has 2 nitrogen and oxygen atoms in total. The van der Waals surface area contributed by atoms with Crippen molar-refractivity contribution in [1.29, 1.82) is 5.26 Å². The van der Waals surface area contributed by atoms with E-state index in [0.717, 1.165) is 0 Å². The lowest BCUT2D eigenvalue weighted by Crippen LogP contribution is -2.07. The molecule has 1 aliphatic carbocycles. The molecule has 1 N–H and O–H groups in total. The number of nitriles is 1. The Hall–Kier alpha value is -1.08. The Morgan fingerprint density at radius 2 is 2.14 bits per heavy atom. The predicted octanol–water partition coefficient (Wildman–Crippen LogP) is 2.85. The molecule has 0 saturated heterocycles. The van der Waals surface area contributed by atoms with Gasteiger partial charge in [-0.05, 0) is 40.9 Å². The number of halogens is 2. The first-order valence-electron chi connectivity index (χ1n) is 4.19. The van der Waals surface area contributed by atoms with Gasteiger partial charge in [0, 0.05) is 5.56 Å². The van der Waals surface area contributed by atoms with Crippen molar-refractivity contribution in [3.63, 3.8) is 0 Å². The number of rotatable bonds is 1. The summed E-state index contributed by atoms with van der Waals surface area (Å²) in [6, 6.07) is 4.56. The highest BCUT2D eigenvalue weighted by Crippen LogP contribution is 2.52. The van der Waals surface area contributed by atoms with E-state index in [9.17, 15) is 9.50 Å². The van der Waals surface area contributed by atoms with E-state index >= 15 is 0 Å². The Balaban J connectivity index is 2.64. The van der Waals surface area contributed by atoms with Crippen LogP contribution in [0.25, 0.3) is 0 Å². The van der Waals surface area contributed by atoms with Crippen molar-refractivity contribution >= 4 is 15.9 Å². The fourth-order valence-corrected chi connectivity index (χ4v) is 2.22. The quantitative estimate of drug-likeness (QED) is 0.839. The van der Waals surface area contributed by atoms with Crippen LogP contribution in [0, 0.1) is 17.1 Å². The first kappa shape index (κ1) is 9.47. The standard InChI is InChI=1S/C10H7BrFNO/c11-9-7(14)2-1-6(12)8(9)10(5-13)3-4-10/h1-2,14H,3-4H2. The molecule has 1 aromatic carbocycles. The molecular formula is C10H7BrFNO. The number of hydrogen-bond acceptors (Lipinski definition) is 2. The van der Waals surface area contributed by atoms with Crippen LogP contribution in [0.5, 0.6) is 5.75 Å². The molecule has 0 unspecified atom stereocenters. The molecule has 2 rings (SSSR count). The minimum Gasteiger partial charge on any atom is -0.507 e. The lowest BCUT2D eigenvalue weighted by Gasteiger charge is -2.11. The van der Waals surface area contributed by atoms with Crippen molar-refractivity contribution in [2.45, 2.75) is 18.3 Å². The molecule has 14 heavy (non-hydrogen) atoms. The summed E-state index contributed by atoms with van der Waals surface area (Å²) in [5, 5.41) is 18.3. The van der Waals surface area contributed by atoms with Gasteiger partial charge in [-0.25, -0.2) is 4.39 Å². The Morgan fingerprint density at radius 1 is 1.50 bits per heavy atom. The number of nitrogens with zero attached hydrogens (tertiary/aromatic N) is 1. The van der Waals surface area contributed by atoms with Crippen molar-refractivity contribution < 1.29 is 9.50 Å². The van der Waals surface area contributed by atoms with Gasteiger partial charge in [-0.1, -0.05) is 0 Å². The second-order valence-corrected chi connectivity index (χ2v) is 4.24. The van der Waals surface area contributed by atoms with Crippen LogP contribution in [0.15, 0.2) is 16.6 Å². The maximum absolute atomic E-state index is 13.5. The van der Waals surface area contributed by atoms with Gasteiger partial charge in [0.05, 0.1) is 16.0 Å². The van der Waals surface area contributed by atoms with E-state index < -0.39 is 11.2 Å². The van der Waals surface area contributed by atoms with E-state index in [2.05, 4.69) is 22.0 Å².